The minimum absolute atomic E-state index is 0.0381. The lowest BCUT2D eigenvalue weighted by Gasteiger charge is -2.25. The first kappa shape index (κ1) is 12.0. The summed E-state index contributed by atoms with van der Waals surface area (Å²) in [5, 5.41) is 1.85. The molecule has 15 heavy (non-hydrogen) atoms. The molecule has 1 aromatic rings. The number of hydrogen-bond donors (Lipinski definition) is 1. The van der Waals surface area contributed by atoms with Crippen molar-refractivity contribution < 1.29 is 4.79 Å². The molecular weight excluding hydrogens is 208 g/mol. The maximum absolute atomic E-state index is 12.0. The van der Waals surface area contributed by atoms with Crippen LogP contribution in [0.5, 0.6) is 0 Å². The average molecular weight is 226 g/mol. The van der Waals surface area contributed by atoms with Crippen molar-refractivity contribution in [2.24, 2.45) is 0 Å². The van der Waals surface area contributed by atoms with Gasteiger partial charge >= 0.3 is 0 Å². The Kier molecular flexibility index (Phi) is 4.15. The summed E-state index contributed by atoms with van der Waals surface area (Å²) in [5.74, 6) is 0.0381. The second-order valence-electron chi connectivity index (χ2n) is 3.59. The Balaban J connectivity index is 2.81. The third-order valence-electron chi connectivity index (χ3n) is 2.70. The summed E-state index contributed by atoms with van der Waals surface area (Å²) in [4.78, 5) is 14.5. The number of nitrogens with zero attached hydrogens (tertiary/aromatic N) is 1. The fraction of sp³-hybridized carbons (Fsp3) is 0.545. The van der Waals surface area contributed by atoms with E-state index < -0.39 is 0 Å². The number of anilines is 1. The first-order valence-electron chi connectivity index (χ1n) is 5.21. The molecule has 2 N–H and O–H groups in total. The van der Waals surface area contributed by atoms with E-state index in [9.17, 15) is 4.79 Å². The molecule has 3 nitrogen and oxygen atoms in total. The Labute approximate surface area is 94.9 Å². The molecule has 84 valence electrons. The average Bonchev–Trinajstić information content (AvgIpc) is 2.65. The maximum atomic E-state index is 12.0. The number of carbonyl (C=O) groups excluding carboxylic acids is 1. The van der Waals surface area contributed by atoms with Crippen molar-refractivity contribution in [3.8, 4) is 0 Å². The van der Waals surface area contributed by atoms with E-state index in [0.29, 0.717) is 16.6 Å². The topological polar surface area (TPSA) is 46.3 Å². The molecule has 1 heterocycles. The summed E-state index contributed by atoms with van der Waals surface area (Å²) in [7, 11) is 1.85. The van der Waals surface area contributed by atoms with Crippen LogP contribution in [0.15, 0.2) is 11.4 Å². The molecule has 0 saturated heterocycles. The lowest BCUT2D eigenvalue weighted by Crippen LogP contribution is -2.36. The van der Waals surface area contributed by atoms with Crippen LogP contribution < -0.4 is 5.73 Å². The van der Waals surface area contributed by atoms with Gasteiger partial charge in [-0.05, 0) is 24.3 Å². The zero-order valence-corrected chi connectivity index (χ0v) is 10.3. The second kappa shape index (κ2) is 5.16. The Morgan fingerprint density at radius 1 is 1.53 bits per heavy atom. The molecule has 1 rings (SSSR count). The van der Waals surface area contributed by atoms with Crippen LogP contribution in [0.4, 0.5) is 5.69 Å². The molecule has 0 unspecified atom stereocenters. The largest absolute Gasteiger partial charge is 0.397 e. The Bertz CT molecular complexity index is 331. The van der Waals surface area contributed by atoms with Crippen molar-refractivity contribution in [2.45, 2.75) is 32.7 Å². The highest BCUT2D eigenvalue weighted by atomic mass is 32.1. The Hall–Kier alpha value is -1.03. The number of hydrogen-bond acceptors (Lipinski definition) is 3. The molecule has 1 aromatic heterocycles. The van der Waals surface area contributed by atoms with Gasteiger partial charge in [-0.15, -0.1) is 11.3 Å². The van der Waals surface area contributed by atoms with Crippen LogP contribution >= 0.6 is 11.3 Å². The Morgan fingerprint density at radius 3 is 2.53 bits per heavy atom. The zero-order valence-electron chi connectivity index (χ0n) is 9.49. The summed E-state index contributed by atoms with van der Waals surface area (Å²) in [6.07, 6.45) is 1.95. The van der Waals surface area contributed by atoms with E-state index in [1.807, 2.05) is 12.4 Å². The molecule has 0 aliphatic rings. The fourth-order valence-corrected chi connectivity index (χ4v) is 2.46. The van der Waals surface area contributed by atoms with Gasteiger partial charge in [0.1, 0.15) is 4.88 Å². The molecule has 4 heteroatoms. The van der Waals surface area contributed by atoms with Crippen molar-refractivity contribution in [2.75, 3.05) is 12.8 Å². The van der Waals surface area contributed by atoms with Gasteiger partial charge in [0.05, 0.1) is 5.69 Å². The van der Waals surface area contributed by atoms with Crippen LogP contribution in [0.3, 0.4) is 0 Å². The van der Waals surface area contributed by atoms with E-state index in [1.54, 1.807) is 11.0 Å². The van der Waals surface area contributed by atoms with E-state index in [0.717, 1.165) is 12.8 Å². The van der Waals surface area contributed by atoms with Crippen LogP contribution in [-0.4, -0.2) is 23.9 Å². The van der Waals surface area contributed by atoms with Crippen molar-refractivity contribution in [1.82, 2.24) is 4.90 Å². The Morgan fingerprint density at radius 2 is 2.13 bits per heavy atom. The highest BCUT2D eigenvalue weighted by Crippen LogP contribution is 2.22. The van der Waals surface area contributed by atoms with Crippen LogP contribution in [0.2, 0.25) is 0 Å². The van der Waals surface area contributed by atoms with Crippen molar-refractivity contribution in [1.29, 1.82) is 0 Å². The number of thiophene rings is 1. The number of carbonyl (C=O) groups is 1. The molecule has 0 saturated carbocycles. The van der Waals surface area contributed by atoms with Gasteiger partial charge in [0.2, 0.25) is 0 Å². The van der Waals surface area contributed by atoms with Gasteiger partial charge in [-0.3, -0.25) is 4.79 Å². The normalized spacial score (nSPS) is 10.7. The van der Waals surface area contributed by atoms with E-state index in [-0.39, 0.29) is 5.91 Å². The molecule has 0 aromatic carbocycles. The summed E-state index contributed by atoms with van der Waals surface area (Å²) in [6, 6.07) is 2.08. The lowest BCUT2D eigenvalue weighted by atomic mass is 10.1. The summed E-state index contributed by atoms with van der Waals surface area (Å²) >= 11 is 1.41. The molecule has 0 aliphatic carbocycles. The monoisotopic (exact) mass is 226 g/mol. The van der Waals surface area contributed by atoms with Gasteiger partial charge in [0.25, 0.3) is 5.91 Å². The van der Waals surface area contributed by atoms with Gasteiger partial charge in [-0.2, -0.15) is 0 Å². The van der Waals surface area contributed by atoms with Crippen LogP contribution in [0.1, 0.15) is 36.4 Å². The standard InChI is InChI=1S/C11H18N2OS/c1-4-8(5-2)13(3)11(14)10-9(12)6-7-15-10/h6-8H,4-5,12H2,1-3H3. The minimum Gasteiger partial charge on any atom is -0.397 e. The number of rotatable bonds is 4. The van der Waals surface area contributed by atoms with E-state index in [4.69, 9.17) is 5.73 Å². The molecule has 0 radical (unpaired) electrons. The molecule has 0 bridgehead atoms. The SMILES string of the molecule is CCC(CC)N(C)C(=O)c1sccc1N. The highest BCUT2D eigenvalue weighted by molar-refractivity contribution is 7.12. The third kappa shape index (κ3) is 2.50. The van der Waals surface area contributed by atoms with E-state index >= 15 is 0 Å². The molecular formula is C11H18N2OS. The summed E-state index contributed by atoms with van der Waals surface area (Å²) in [5.41, 5.74) is 6.31. The fourth-order valence-electron chi connectivity index (χ4n) is 1.66. The van der Waals surface area contributed by atoms with Crippen LogP contribution in [0, 0.1) is 0 Å². The predicted molar refractivity (Wildman–Crippen MR) is 65.2 cm³/mol. The van der Waals surface area contributed by atoms with Crippen LogP contribution in [-0.2, 0) is 0 Å². The van der Waals surface area contributed by atoms with Crippen molar-refractivity contribution >= 4 is 22.9 Å². The molecule has 0 aliphatic heterocycles. The molecule has 0 atom stereocenters. The number of amides is 1. The second-order valence-corrected chi connectivity index (χ2v) is 4.51. The third-order valence-corrected chi connectivity index (χ3v) is 3.62. The molecule has 1 amide bonds. The number of nitrogen functional groups attached to an aromatic ring is 1. The van der Waals surface area contributed by atoms with Gasteiger partial charge in [-0.1, -0.05) is 13.8 Å². The summed E-state index contributed by atoms with van der Waals surface area (Å²) < 4.78 is 0. The van der Waals surface area contributed by atoms with E-state index in [2.05, 4.69) is 13.8 Å². The molecule has 0 spiro atoms. The van der Waals surface area contributed by atoms with Crippen molar-refractivity contribution in [3.63, 3.8) is 0 Å². The molecule has 0 fully saturated rings. The number of nitrogens with two attached hydrogens (primary N) is 1. The lowest BCUT2D eigenvalue weighted by molar-refractivity contribution is 0.0729. The zero-order chi connectivity index (χ0) is 11.4. The van der Waals surface area contributed by atoms with Gasteiger partial charge in [0.15, 0.2) is 0 Å². The smallest absolute Gasteiger partial charge is 0.266 e. The first-order valence-corrected chi connectivity index (χ1v) is 6.09. The summed E-state index contributed by atoms with van der Waals surface area (Å²) in [6.45, 7) is 4.19. The van der Waals surface area contributed by atoms with Gasteiger partial charge in [-0.25, -0.2) is 0 Å². The quantitative estimate of drug-likeness (QED) is 0.857. The van der Waals surface area contributed by atoms with Gasteiger partial charge in [0, 0.05) is 13.1 Å². The first-order chi connectivity index (χ1) is 7.11. The predicted octanol–water partition coefficient (Wildman–Crippen LogP) is 2.59. The minimum atomic E-state index is 0.0381. The highest BCUT2D eigenvalue weighted by Gasteiger charge is 2.20. The maximum Gasteiger partial charge on any atom is 0.266 e. The van der Waals surface area contributed by atoms with Crippen LogP contribution in [0.25, 0.3) is 0 Å². The van der Waals surface area contributed by atoms with Gasteiger partial charge < -0.3 is 10.6 Å². The van der Waals surface area contributed by atoms with Crippen molar-refractivity contribution in [3.05, 3.63) is 16.3 Å². The van der Waals surface area contributed by atoms with E-state index in [1.165, 1.54) is 11.3 Å².